The predicted octanol–water partition coefficient (Wildman–Crippen LogP) is 2.77. The maximum Gasteiger partial charge on any atom is 0.225 e. The van der Waals surface area contributed by atoms with Crippen molar-refractivity contribution in [2.45, 2.75) is 37.6 Å². The molecule has 0 bridgehead atoms. The van der Waals surface area contributed by atoms with E-state index in [1.807, 2.05) is 12.4 Å². The Labute approximate surface area is 117 Å². The zero-order valence-corrected chi connectivity index (χ0v) is 12.4. The number of alkyl halides is 1. The van der Waals surface area contributed by atoms with Gasteiger partial charge in [-0.1, -0.05) is 22.9 Å². The molecule has 0 amide bonds. The van der Waals surface area contributed by atoms with Crippen molar-refractivity contribution >= 4 is 21.9 Å². The number of hydrogen-bond donors (Lipinski definition) is 0. The van der Waals surface area contributed by atoms with E-state index in [-0.39, 0.29) is 0 Å². The number of halogens is 1. The first kappa shape index (κ1) is 13.7. The van der Waals surface area contributed by atoms with Gasteiger partial charge in [-0.3, -0.25) is 0 Å². The highest BCUT2D eigenvalue weighted by Gasteiger charge is 2.21. The fourth-order valence-electron chi connectivity index (χ4n) is 2.12. The van der Waals surface area contributed by atoms with Crippen LogP contribution in [0.25, 0.3) is 0 Å². The van der Waals surface area contributed by atoms with Crippen LogP contribution in [0.1, 0.15) is 31.7 Å². The Morgan fingerprint density at radius 3 is 2.89 bits per heavy atom. The molecule has 1 fully saturated rings. The van der Waals surface area contributed by atoms with E-state index in [1.165, 1.54) is 0 Å². The van der Waals surface area contributed by atoms with Crippen molar-refractivity contribution in [2.75, 3.05) is 24.6 Å². The lowest BCUT2D eigenvalue weighted by Gasteiger charge is -2.32. The van der Waals surface area contributed by atoms with Gasteiger partial charge in [0.1, 0.15) is 0 Å². The van der Waals surface area contributed by atoms with Crippen LogP contribution in [0.2, 0.25) is 0 Å². The highest BCUT2D eigenvalue weighted by atomic mass is 79.9. The average molecular weight is 314 g/mol. The summed E-state index contributed by atoms with van der Waals surface area (Å²) in [5.74, 6) is 0.824. The fourth-order valence-corrected chi connectivity index (χ4v) is 2.41. The van der Waals surface area contributed by atoms with Crippen LogP contribution in [0.4, 0.5) is 5.95 Å². The second-order valence-electron chi connectivity index (χ2n) is 4.61. The van der Waals surface area contributed by atoms with Gasteiger partial charge < -0.3 is 9.64 Å². The molecule has 1 unspecified atom stereocenters. The maximum absolute atomic E-state index is 5.82. The Bertz CT molecular complexity index is 358. The Kier molecular flexibility index (Phi) is 5.38. The second-order valence-corrected chi connectivity index (χ2v) is 5.17. The zero-order chi connectivity index (χ0) is 12.8. The van der Waals surface area contributed by atoms with E-state index >= 15 is 0 Å². The van der Waals surface area contributed by atoms with Crippen molar-refractivity contribution in [3.8, 4) is 0 Å². The second kappa shape index (κ2) is 7.04. The quantitative estimate of drug-likeness (QED) is 0.783. The molecule has 2 rings (SSSR count). The third kappa shape index (κ3) is 3.65. The summed E-state index contributed by atoms with van der Waals surface area (Å²) in [6.07, 6.45) is 7.47. The van der Waals surface area contributed by atoms with Crippen molar-refractivity contribution in [1.82, 2.24) is 9.97 Å². The molecule has 1 saturated heterocycles. The van der Waals surface area contributed by atoms with Crippen LogP contribution in [-0.4, -0.2) is 35.8 Å². The zero-order valence-electron chi connectivity index (χ0n) is 10.8. The highest BCUT2D eigenvalue weighted by molar-refractivity contribution is 9.08. The van der Waals surface area contributed by atoms with Crippen LogP contribution >= 0.6 is 15.9 Å². The van der Waals surface area contributed by atoms with E-state index in [9.17, 15) is 0 Å². The summed E-state index contributed by atoms with van der Waals surface area (Å²) < 4.78 is 5.82. The van der Waals surface area contributed by atoms with Gasteiger partial charge in [-0.2, -0.15) is 0 Å². The Morgan fingerprint density at radius 1 is 1.44 bits per heavy atom. The molecule has 100 valence electrons. The van der Waals surface area contributed by atoms with Gasteiger partial charge in [-0.15, -0.1) is 0 Å². The molecule has 2 heterocycles. The molecular formula is C13H20BrN3O. The maximum atomic E-state index is 5.82. The standard InChI is InChI=1S/C13H20BrN3O/c1-2-6-18-12-4-3-5-17(10-12)13-15-8-11(7-14)9-16-13/h8-9,12H,2-7,10H2,1H3. The molecular weight excluding hydrogens is 294 g/mol. The molecule has 0 aliphatic carbocycles. The number of hydrogen-bond acceptors (Lipinski definition) is 4. The van der Waals surface area contributed by atoms with Crippen LogP contribution in [0, 0.1) is 0 Å². The minimum absolute atomic E-state index is 0.332. The van der Waals surface area contributed by atoms with Gasteiger partial charge in [-0.05, 0) is 24.8 Å². The molecule has 1 aliphatic heterocycles. The molecule has 1 aromatic heterocycles. The first-order valence-corrected chi connectivity index (χ1v) is 7.69. The molecule has 1 atom stereocenters. The van der Waals surface area contributed by atoms with Crippen molar-refractivity contribution in [3.05, 3.63) is 18.0 Å². The van der Waals surface area contributed by atoms with E-state index < -0.39 is 0 Å². The van der Waals surface area contributed by atoms with E-state index in [2.05, 4.69) is 37.7 Å². The lowest BCUT2D eigenvalue weighted by atomic mass is 10.1. The summed E-state index contributed by atoms with van der Waals surface area (Å²) in [6, 6.07) is 0. The van der Waals surface area contributed by atoms with Gasteiger partial charge in [0, 0.05) is 37.4 Å². The van der Waals surface area contributed by atoms with E-state index in [0.717, 1.165) is 55.8 Å². The largest absolute Gasteiger partial charge is 0.376 e. The van der Waals surface area contributed by atoms with Gasteiger partial charge in [0.2, 0.25) is 5.95 Å². The minimum atomic E-state index is 0.332. The summed E-state index contributed by atoms with van der Waals surface area (Å²) in [5, 5.41) is 0.801. The minimum Gasteiger partial charge on any atom is -0.376 e. The first-order valence-electron chi connectivity index (χ1n) is 6.57. The SMILES string of the molecule is CCCOC1CCCN(c2ncc(CBr)cn2)C1. The van der Waals surface area contributed by atoms with Gasteiger partial charge in [0.15, 0.2) is 0 Å². The van der Waals surface area contributed by atoms with E-state index in [1.54, 1.807) is 0 Å². The highest BCUT2D eigenvalue weighted by Crippen LogP contribution is 2.18. The van der Waals surface area contributed by atoms with Gasteiger partial charge in [0.25, 0.3) is 0 Å². The van der Waals surface area contributed by atoms with Crippen molar-refractivity contribution in [1.29, 1.82) is 0 Å². The normalized spacial score (nSPS) is 20.1. The van der Waals surface area contributed by atoms with Crippen molar-refractivity contribution in [3.63, 3.8) is 0 Å². The van der Waals surface area contributed by atoms with E-state index in [4.69, 9.17) is 4.74 Å². The first-order chi connectivity index (χ1) is 8.83. The fraction of sp³-hybridized carbons (Fsp3) is 0.692. The van der Waals surface area contributed by atoms with Crippen LogP contribution in [0.15, 0.2) is 12.4 Å². The summed E-state index contributed by atoms with van der Waals surface area (Å²) in [7, 11) is 0. The molecule has 18 heavy (non-hydrogen) atoms. The summed E-state index contributed by atoms with van der Waals surface area (Å²) in [4.78, 5) is 11.1. The van der Waals surface area contributed by atoms with Crippen LogP contribution in [-0.2, 0) is 10.1 Å². The smallest absolute Gasteiger partial charge is 0.225 e. The van der Waals surface area contributed by atoms with E-state index in [0.29, 0.717) is 6.10 Å². The van der Waals surface area contributed by atoms with Gasteiger partial charge in [0.05, 0.1) is 6.10 Å². The molecule has 0 spiro atoms. The number of piperidine rings is 1. The molecule has 0 radical (unpaired) electrons. The average Bonchev–Trinajstić information content (AvgIpc) is 2.45. The van der Waals surface area contributed by atoms with Gasteiger partial charge in [-0.25, -0.2) is 9.97 Å². The van der Waals surface area contributed by atoms with Crippen molar-refractivity contribution in [2.24, 2.45) is 0 Å². The lowest BCUT2D eigenvalue weighted by Crippen LogP contribution is -2.40. The predicted molar refractivity (Wildman–Crippen MR) is 76.1 cm³/mol. The topological polar surface area (TPSA) is 38.2 Å². The summed E-state index contributed by atoms with van der Waals surface area (Å²) in [6.45, 7) is 4.93. The number of ether oxygens (including phenoxy) is 1. The third-order valence-electron chi connectivity index (χ3n) is 3.06. The number of anilines is 1. The number of rotatable bonds is 5. The third-order valence-corrected chi connectivity index (χ3v) is 3.71. The molecule has 0 aromatic carbocycles. The van der Waals surface area contributed by atoms with Crippen LogP contribution in [0.5, 0.6) is 0 Å². The molecule has 4 nitrogen and oxygen atoms in total. The summed E-state index contributed by atoms with van der Waals surface area (Å²) in [5.41, 5.74) is 1.11. The summed E-state index contributed by atoms with van der Waals surface area (Å²) >= 11 is 3.40. The molecule has 5 heteroatoms. The Balaban J connectivity index is 1.94. The number of aromatic nitrogens is 2. The molecule has 0 N–H and O–H groups in total. The lowest BCUT2D eigenvalue weighted by molar-refractivity contribution is 0.0437. The van der Waals surface area contributed by atoms with Crippen molar-refractivity contribution < 1.29 is 4.74 Å². The molecule has 0 saturated carbocycles. The van der Waals surface area contributed by atoms with Crippen LogP contribution < -0.4 is 4.90 Å². The van der Waals surface area contributed by atoms with Gasteiger partial charge >= 0.3 is 0 Å². The Hall–Kier alpha value is -0.680. The monoisotopic (exact) mass is 313 g/mol. The van der Waals surface area contributed by atoms with Crippen LogP contribution in [0.3, 0.4) is 0 Å². The number of nitrogens with zero attached hydrogens (tertiary/aromatic N) is 3. The molecule has 1 aliphatic rings. The Morgan fingerprint density at radius 2 is 2.22 bits per heavy atom. The molecule has 1 aromatic rings.